The van der Waals surface area contributed by atoms with E-state index in [-0.39, 0.29) is 18.0 Å². The lowest BCUT2D eigenvalue weighted by Crippen LogP contribution is -2.30. The lowest BCUT2D eigenvalue weighted by atomic mass is 9.80. The quantitative estimate of drug-likeness (QED) is 0.752. The van der Waals surface area contributed by atoms with Crippen LogP contribution in [0.1, 0.15) is 59.8 Å². The minimum Gasteiger partial charge on any atom is -0.462 e. The van der Waals surface area contributed by atoms with Crippen molar-refractivity contribution in [1.29, 1.82) is 0 Å². The number of esters is 1. The van der Waals surface area contributed by atoms with Gasteiger partial charge in [-0.1, -0.05) is 27.7 Å². The third kappa shape index (κ3) is 5.94. The van der Waals surface area contributed by atoms with Crippen LogP contribution in [0.3, 0.4) is 0 Å². The van der Waals surface area contributed by atoms with Crippen molar-refractivity contribution in [3.63, 3.8) is 0 Å². The largest absolute Gasteiger partial charge is 0.462 e. The summed E-state index contributed by atoms with van der Waals surface area (Å²) in [5, 5.41) is 0. The van der Waals surface area contributed by atoms with Gasteiger partial charge in [0.1, 0.15) is 6.10 Å². The zero-order valence-electron chi connectivity index (χ0n) is 13.0. The van der Waals surface area contributed by atoms with Gasteiger partial charge < -0.3 is 10.5 Å². The number of carbonyl (C=O) groups is 1. The molecule has 0 radical (unpaired) electrons. The molecule has 0 aromatic rings. The lowest BCUT2D eigenvalue weighted by molar-refractivity contribution is -0.153. The molecule has 0 aromatic heterocycles. The van der Waals surface area contributed by atoms with Crippen LogP contribution in [-0.2, 0) is 9.53 Å². The molecule has 0 amide bonds. The molecule has 0 heterocycles. The maximum absolute atomic E-state index is 12.0. The minimum atomic E-state index is -0.0529. The first-order valence-electron chi connectivity index (χ1n) is 7.81. The molecule has 19 heavy (non-hydrogen) atoms. The Morgan fingerprint density at radius 1 is 1.26 bits per heavy atom. The summed E-state index contributed by atoms with van der Waals surface area (Å²) in [4.78, 5) is 12.0. The van der Waals surface area contributed by atoms with E-state index in [2.05, 4.69) is 27.7 Å². The number of hydrogen-bond donors (Lipinski definition) is 1. The smallest absolute Gasteiger partial charge is 0.306 e. The first-order valence-corrected chi connectivity index (χ1v) is 7.81. The number of nitrogens with two attached hydrogens (primary N) is 1. The average molecular weight is 269 g/mol. The molecule has 3 unspecified atom stereocenters. The topological polar surface area (TPSA) is 52.3 Å². The molecule has 112 valence electrons. The summed E-state index contributed by atoms with van der Waals surface area (Å²) in [5.41, 5.74) is 5.73. The van der Waals surface area contributed by atoms with Crippen molar-refractivity contribution < 1.29 is 9.53 Å². The first-order chi connectivity index (χ1) is 8.92. The second-order valence-electron chi connectivity index (χ2n) is 6.81. The van der Waals surface area contributed by atoms with E-state index < -0.39 is 0 Å². The molecule has 1 saturated carbocycles. The van der Waals surface area contributed by atoms with Crippen molar-refractivity contribution in [2.75, 3.05) is 6.54 Å². The molecule has 0 aliphatic heterocycles. The fourth-order valence-electron chi connectivity index (χ4n) is 3.00. The Labute approximate surface area is 118 Å². The minimum absolute atomic E-state index is 0.0529. The van der Waals surface area contributed by atoms with Crippen molar-refractivity contribution in [3.8, 4) is 0 Å². The van der Waals surface area contributed by atoms with Crippen LogP contribution in [0, 0.1) is 23.7 Å². The molecule has 2 N–H and O–H groups in total. The van der Waals surface area contributed by atoms with Crippen LogP contribution in [-0.4, -0.2) is 18.6 Å². The van der Waals surface area contributed by atoms with Crippen molar-refractivity contribution in [2.45, 2.75) is 65.9 Å². The molecule has 0 saturated heterocycles. The second-order valence-corrected chi connectivity index (χ2v) is 6.81. The van der Waals surface area contributed by atoms with E-state index in [9.17, 15) is 4.79 Å². The summed E-state index contributed by atoms with van der Waals surface area (Å²) in [6.07, 6.45) is 4.83. The predicted molar refractivity (Wildman–Crippen MR) is 78.7 cm³/mol. The van der Waals surface area contributed by atoms with E-state index in [1.807, 2.05) is 0 Å². The van der Waals surface area contributed by atoms with Crippen LogP contribution < -0.4 is 5.73 Å². The molecule has 4 atom stereocenters. The molecular formula is C16H31NO2. The van der Waals surface area contributed by atoms with E-state index in [1.165, 1.54) is 6.42 Å². The van der Waals surface area contributed by atoms with Crippen molar-refractivity contribution in [1.82, 2.24) is 0 Å². The molecule has 3 nitrogen and oxygen atoms in total. The van der Waals surface area contributed by atoms with Gasteiger partial charge >= 0.3 is 5.97 Å². The predicted octanol–water partition coefficient (Wildman–Crippen LogP) is 3.37. The third-order valence-corrected chi connectivity index (χ3v) is 4.44. The van der Waals surface area contributed by atoms with E-state index >= 15 is 0 Å². The Bertz CT molecular complexity index is 278. The van der Waals surface area contributed by atoms with E-state index in [0.717, 1.165) is 25.2 Å². The van der Waals surface area contributed by atoms with Gasteiger partial charge in [-0.15, -0.1) is 0 Å². The van der Waals surface area contributed by atoms with Gasteiger partial charge in [0.2, 0.25) is 0 Å². The van der Waals surface area contributed by atoms with Crippen LogP contribution in [0.25, 0.3) is 0 Å². The second kappa shape index (κ2) is 7.88. The molecular weight excluding hydrogens is 238 g/mol. The average Bonchev–Trinajstić information content (AvgIpc) is 2.32. The van der Waals surface area contributed by atoms with E-state index in [0.29, 0.717) is 24.8 Å². The lowest BCUT2D eigenvalue weighted by Gasteiger charge is -2.32. The normalized spacial score (nSPS) is 29.3. The van der Waals surface area contributed by atoms with Gasteiger partial charge in [-0.3, -0.25) is 4.79 Å². The van der Waals surface area contributed by atoms with Gasteiger partial charge in [0.15, 0.2) is 0 Å². The summed E-state index contributed by atoms with van der Waals surface area (Å²) >= 11 is 0. The van der Waals surface area contributed by atoms with Crippen LogP contribution in [0.2, 0.25) is 0 Å². The van der Waals surface area contributed by atoms with Crippen molar-refractivity contribution in [2.24, 2.45) is 29.4 Å². The fraction of sp³-hybridized carbons (Fsp3) is 0.938. The summed E-state index contributed by atoms with van der Waals surface area (Å²) in [6, 6.07) is 0. The van der Waals surface area contributed by atoms with Crippen LogP contribution in [0.4, 0.5) is 0 Å². The SMILES string of the molecule is CC(C)C[C@H](CN)CC(=O)OC1CCC(C)C(C)C1. The summed E-state index contributed by atoms with van der Waals surface area (Å²) in [7, 11) is 0. The highest BCUT2D eigenvalue weighted by Crippen LogP contribution is 2.31. The molecule has 1 fully saturated rings. The summed E-state index contributed by atoms with van der Waals surface area (Å²) in [6.45, 7) is 9.45. The van der Waals surface area contributed by atoms with Crippen LogP contribution in [0.5, 0.6) is 0 Å². The van der Waals surface area contributed by atoms with Gasteiger partial charge in [0.25, 0.3) is 0 Å². The summed E-state index contributed by atoms with van der Waals surface area (Å²) in [5.74, 6) is 2.22. The maximum Gasteiger partial charge on any atom is 0.306 e. The maximum atomic E-state index is 12.0. The Hall–Kier alpha value is -0.570. The third-order valence-electron chi connectivity index (χ3n) is 4.44. The van der Waals surface area contributed by atoms with E-state index in [1.54, 1.807) is 0 Å². The van der Waals surface area contributed by atoms with Crippen molar-refractivity contribution >= 4 is 5.97 Å². The Balaban J connectivity index is 2.34. The van der Waals surface area contributed by atoms with Crippen LogP contribution >= 0.6 is 0 Å². The molecule has 1 rings (SSSR count). The van der Waals surface area contributed by atoms with E-state index in [4.69, 9.17) is 10.5 Å². The highest BCUT2D eigenvalue weighted by molar-refractivity contribution is 5.69. The van der Waals surface area contributed by atoms with Gasteiger partial charge in [-0.05, 0) is 55.9 Å². The number of hydrogen-bond acceptors (Lipinski definition) is 3. The zero-order valence-corrected chi connectivity index (χ0v) is 13.0. The van der Waals surface area contributed by atoms with Gasteiger partial charge in [-0.25, -0.2) is 0 Å². The standard InChI is InChI=1S/C16H31NO2/c1-11(2)7-14(10-17)9-16(18)19-15-6-5-12(3)13(4)8-15/h11-15H,5-10,17H2,1-4H3/t12?,13?,14-,15?/m0/s1. The molecule has 1 aliphatic carbocycles. The molecule has 1 aliphatic rings. The highest BCUT2D eigenvalue weighted by atomic mass is 16.5. The zero-order chi connectivity index (χ0) is 14.4. The Morgan fingerprint density at radius 2 is 1.95 bits per heavy atom. The van der Waals surface area contributed by atoms with Gasteiger partial charge in [0.05, 0.1) is 0 Å². The molecule has 0 spiro atoms. The van der Waals surface area contributed by atoms with Gasteiger partial charge in [0, 0.05) is 6.42 Å². The summed E-state index contributed by atoms with van der Waals surface area (Å²) < 4.78 is 5.63. The first kappa shape index (κ1) is 16.5. The number of ether oxygens (including phenoxy) is 1. The molecule has 0 aromatic carbocycles. The number of carbonyl (C=O) groups excluding carboxylic acids is 1. The fourth-order valence-corrected chi connectivity index (χ4v) is 3.00. The molecule has 0 bridgehead atoms. The van der Waals surface area contributed by atoms with Crippen LogP contribution in [0.15, 0.2) is 0 Å². The molecule has 3 heteroatoms. The highest BCUT2D eigenvalue weighted by Gasteiger charge is 2.27. The number of rotatable bonds is 6. The Kier molecular flexibility index (Phi) is 6.84. The van der Waals surface area contributed by atoms with Gasteiger partial charge in [-0.2, -0.15) is 0 Å². The Morgan fingerprint density at radius 3 is 2.47 bits per heavy atom. The monoisotopic (exact) mass is 269 g/mol. The van der Waals surface area contributed by atoms with Crippen molar-refractivity contribution in [3.05, 3.63) is 0 Å².